The molecule has 0 spiro atoms. The van der Waals surface area contributed by atoms with Crippen LogP contribution >= 0.6 is 0 Å². The smallest absolute Gasteiger partial charge is 0.340 e. The molecular weight excluding hydrogens is 379 g/mol. The number of halogens is 1. The molecule has 0 aliphatic carbocycles. The summed E-state index contributed by atoms with van der Waals surface area (Å²) in [6.45, 7) is 1.11. The molecule has 1 N–H and O–H groups in total. The molecule has 0 radical (unpaired) electrons. The van der Waals surface area contributed by atoms with Gasteiger partial charge in [0.05, 0.1) is 36.7 Å². The second kappa shape index (κ2) is 8.55. The van der Waals surface area contributed by atoms with Gasteiger partial charge in [0.25, 0.3) is 5.91 Å². The van der Waals surface area contributed by atoms with E-state index in [0.717, 1.165) is 0 Å². The van der Waals surface area contributed by atoms with Crippen LogP contribution in [-0.2, 0) is 9.53 Å². The number of carbonyl (C=O) groups is 2. The fourth-order valence-corrected chi connectivity index (χ4v) is 2.75. The van der Waals surface area contributed by atoms with Crippen molar-refractivity contribution in [1.29, 1.82) is 0 Å². The molecule has 150 valence electrons. The molecule has 0 aliphatic rings. The maximum absolute atomic E-state index is 13.3. The second-order valence-corrected chi connectivity index (χ2v) is 6.15. The summed E-state index contributed by atoms with van der Waals surface area (Å²) in [7, 11) is 2.97. The number of carbonyl (C=O) groups excluding carboxylic acids is 2. The van der Waals surface area contributed by atoms with Crippen molar-refractivity contribution >= 4 is 28.5 Å². The van der Waals surface area contributed by atoms with Crippen molar-refractivity contribution < 1.29 is 28.2 Å². The number of amides is 1. The zero-order valence-corrected chi connectivity index (χ0v) is 16.1. The molecule has 7 nitrogen and oxygen atoms in total. The Labute approximate surface area is 166 Å². The van der Waals surface area contributed by atoms with E-state index < -0.39 is 24.3 Å². The van der Waals surface area contributed by atoms with Gasteiger partial charge in [-0.25, -0.2) is 9.18 Å². The first-order chi connectivity index (χ1) is 13.9. The lowest BCUT2D eigenvalue weighted by Gasteiger charge is -2.12. The van der Waals surface area contributed by atoms with Gasteiger partial charge in [-0.3, -0.25) is 9.78 Å². The highest BCUT2D eigenvalue weighted by Gasteiger charge is 2.16. The maximum Gasteiger partial charge on any atom is 0.340 e. The van der Waals surface area contributed by atoms with E-state index in [2.05, 4.69) is 10.3 Å². The molecule has 0 saturated heterocycles. The number of hydrogen-bond acceptors (Lipinski definition) is 6. The van der Waals surface area contributed by atoms with Crippen molar-refractivity contribution in [2.75, 3.05) is 26.1 Å². The Morgan fingerprint density at radius 1 is 1.07 bits per heavy atom. The predicted octanol–water partition coefficient (Wildman–Crippen LogP) is 3.50. The van der Waals surface area contributed by atoms with Crippen LogP contribution in [0.2, 0.25) is 0 Å². The number of fused-ring (bicyclic) bond motifs is 1. The number of rotatable bonds is 6. The van der Waals surface area contributed by atoms with Crippen molar-refractivity contribution in [3.05, 3.63) is 59.5 Å². The first-order valence-electron chi connectivity index (χ1n) is 8.67. The number of aromatic nitrogens is 1. The van der Waals surface area contributed by atoms with E-state index in [1.54, 1.807) is 31.2 Å². The summed E-state index contributed by atoms with van der Waals surface area (Å²) >= 11 is 0. The Morgan fingerprint density at radius 3 is 2.59 bits per heavy atom. The van der Waals surface area contributed by atoms with Crippen LogP contribution < -0.4 is 14.8 Å². The molecule has 0 saturated carbocycles. The molecule has 0 unspecified atom stereocenters. The summed E-state index contributed by atoms with van der Waals surface area (Å²) < 4.78 is 28.8. The predicted molar refractivity (Wildman–Crippen MR) is 105 cm³/mol. The standard InChI is InChI=1S/C21H19FN2O5/c1-12-16(8-13-4-5-14(22)9-17(13)23-12)21(26)29-11-20(25)24-18-10-15(27-2)6-7-19(18)28-3/h4-10H,11H2,1-3H3,(H,24,25). The Morgan fingerprint density at radius 2 is 1.86 bits per heavy atom. The Kier molecular flexibility index (Phi) is 5.92. The molecule has 0 bridgehead atoms. The SMILES string of the molecule is COc1ccc(OC)c(NC(=O)COC(=O)c2cc3ccc(F)cc3nc2C)c1. The van der Waals surface area contributed by atoms with Crippen molar-refractivity contribution in [1.82, 2.24) is 4.98 Å². The molecule has 0 fully saturated rings. The molecule has 0 aliphatic heterocycles. The Hall–Kier alpha value is -3.68. The fraction of sp³-hybridized carbons (Fsp3) is 0.190. The summed E-state index contributed by atoms with van der Waals surface area (Å²) in [6.07, 6.45) is 0. The van der Waals surface area contributed by atoms with Crippen LogP contribution in [0.4, 0.5) is 10.1 Å². The Balaban J connectivity index is 1.69. The number of aryl methyl sites for hydroxylation is 1. The number of hydrogen-bond donors (Lipinski definition) is 1. The highest BCUT2D eigenvalue weighted by atomic mass is 19.1. The van der Waals surface area contributed by atoms with E-state index in [1.807, 2.05) is 0 Å². The van der Waals surface area contributed by atoms with Crippen molar-refractivity contribution in [2.45, 2.75) is 6.92 Å². The summed E-state index contributed by atoms with van der Waals surface area (Å²) in [4.78, 5) is 28.8. The minimum atomic E-state index is -0.700. The van der Waals surface area contributed by atoms with Gasteiger partial charge in [0.1, 0.15) is 17.3 Å². The monoisotopic (exact) mass is 398 g/mol. The summed E-state index contributed by atoms with van der Waals surface area (Å²) in [5.74, 6) is -0.684. The van der Waals surface area contributed by atoms with Gasteiger partial charge in [-0.05, 0) is 37.3 Å². The van der Waals surface area contributed by atoms with E-state index in [4.69, 9.17) is 14.2 Å². The number of benzene rings is 2. The largest absolute Gasteiger partial charge is 0.497 e. The number of anilines is 1. The number of ether oxygens (including phenoxy) is 3. The van der Waals surface area contributed by atoms with E-state index in [0.29, 0.717) is 33.8 Å². The summed E-state index contributed by atoms with van der Waals surface area (Å²) in [5, 5.41) is 3.21. The molecule has 1 heterocycles. The third kappa shape index (κ3) is 4.60. The van der Waals surface area contributed by atoms with Crippen LogP contribution in [0, 0.1) is 12.7 Å². The highest BCUT2D eigenvalue weighted by Crippen LogP contribution is 2.28. The van der Waals surface area contributed by atoms with Gasteiger partial charge >= 0.3 is 5.97 Å². The van der Waals surface area contributed by atoms with Crippen LogP contribution in [0.5, 0.6) is 11.5 Å². The third-order valence-electron chi connectivity index (χ3n) is 4.21. The van der Waals surface area contributed by atoms with E-state index in [1.165, 1.54) is 32.4 Å². The van der Waals surface area contributed by atoms with Gasteiger partial charge in [-0.15, -0.1) is 0 Å². The molecular formula is C21H19FN2O5. The van der Waals surface area contributed by atoms with Gasteiger partial charge in [0, 0.05) is 17.5 Å². The van der Waals surface area contributed by atoms with E-state index in [9.17, 15) is 14.0 Å². The number of esters is 1. The average molecular weight is 398 g/mol. The van der Waals surface area contributed by atoms with Crippen LogP contribution in [0.25, 0.3) is 10.9 Å². The number of nitrogens with zero attached hydrogens (tertiary/aromatic N) is 1. The van der Waals surface area contributed by atoms with E-state index in [-0.39, 0.29) is 5.56 Å². The van der Waals surface area contributed by atoms with Gasteiger partial charge in [0.15, 0.2) is 6.61 Å². The fourth-order valence-electron chi connectivity index (χ4n) is 2.75. The molecule has 1 amide bonds. The number of pyridine rings is 1. The van der Waals surface area contributed by atoms with Crippen molar-refractivity contribution in [3.8, 4) is 11.5 Å². The number of nitrogens with one attached hydrogen (secondary N) is 1. The maximum atomic E-state index is 13.3. The summed E-state index contributed by atoms with van der Waals surface area (Å²) in [6, 6.07) is 10.6. The lowest BCUT2D eigenvalue weighted by atomic mass is 10.1. The van der Waals surface area contributed by atoms with Crippen LogP contribution in [0.3, 0.4) is 0 Å². The molecule has 3 rings (SSSR count). The molecule has 29 heavy (non-hydrogen) atoms. The lowest BCUT2D eigenvalue weighted by Crippen LogP contribution is -2.21. The van der Waals surface area contributed by atoms with Crippen LogP contribution in [-0.4, -0.2) is 37.7 Å². The zero-order chi connectivity index (χ0) is 21.0. The minimum Gasteiger partial charge on any atom is -0.497 e. The number of methoxy groups -OCH3 is 2. The molecule has 8 heteroatoms. The quantitative estimate of drug-likeness (QED) is 0.640. The minimum absolute atomic E-state index is 0.205. The van der Waals surface area contributed by atoms with Crippen molar-refractivity contribution in [2.24, 2.45) is 0 Å². The molecule has 0 atom stereocenters. The molecule has 2 aromatic carbocycles. The first kappa shape index (κ1) is 20.1. The van der Waals surface area contributed by atoms with E-state index >= 15 is 0 Å². The second-order valence-electron chi connectivity index (χ2n) is 6.15. The third-order valence-corrected chi connectivity index (χ3v) is 4.21. The lowest BCUT2D eigenvalue weighted by molar-refractivity contribution is -0.119. The van der Waals surface area contributed by atoms with Gasteiger partial charge in [-0.2, -0.15) is 0 Å². The topological polar surface area (TPSA) is 86.8 Å². The summed E-state index contributed by atoms with van der Waals surface area (Å²) in [5.41, 5.74) is 1.40. The molecule has 1 aromatic heterocycles. The molecule has 3 aromatic rings. The van der Waals surface area contributed by atoms with Gasteiger partial charge < -0.3 is 19.5 Å². The average Bonchev–Trinajstić information content (AvgIpc) is 2.71. The van der Waals surface area contributed by atoms with Gasteiger partial charge in [-0.1, -0.05) is 0 Å². The zero-order valence-electron chi connectivity index (χ0n) is 16.1. The van der Waals surface area contributed by atoms with Crippen molar-refractivity contribution in [3.63, 3.8) is 0 Å². The first-order valence-corrected chi connectivity index (χ1v) is 8.67. The van der Waals surface area contributed by atoms with Crippen LogP contribution in [0.1, 0.15) is 16.1 Å². The van der Waals surface area contributed by atoms with Crippen LogP contribution in [0.15, 0.2) is 42.5 Å². The van der Waals surface area contributed by atoms with Gasteiger partial charge in [0.2, 0.25) is 0 Å². The highest BCUT2D eigenvalue weighted by molar-refractivity contribution is 5.98. The Bertz CT molecular complexity index is 1080. The normalized spacial score (nSPS) is 10.5.